The van der Waals surface area contributed by atoms with Crippen LogP contribution in [0, 0.1) is 10.1 Å². The van der Waals surface area contributed by atoms with E-state index in [1.807, 2.05) is 12.1 Å². The molecule has 0 unspecified atom stereocenters. The summed E-state index contributed by atoms with van der Waals surface area (Å²) in [5.41, 5.74) is 0.699. The van der Waals surface area contributed by atoms with Crippen molar-refractivity contribution in [2.75, 3.05) is 11.9 Å². The zero-order valence-corrected chi connectivity index (χ0v) is 16.5. The fraction of sp³-hybridized carbons (Fsp3) is 0.300. The Morgan fingerprint density at radius 3 is 2.57 bits per heavy atom. The van der Waals surface area contributed by atoms with Gasteiger partial charge in [-0.25, -0.2) is 0 Å². The van der Waals surface area contributed by atoms with Crippen LogP contribution in [0.15, 0.2) is 48.5 Å². The molecule has 2 rings (SSSR count). The molecule has 2 aromatic carbocycles. The third-order valence-corrected chi connectivity index (χ3v) is 4.13. The highest BCUT2D eigenvalue weighted by Gasteiger charge is 2.12. The van der Waals surface area contributed by atoms with Gasteiger partial charge in [-0.2, -0.15) is 0 Å². The first-order valence-electron chi connectivity index (χ1n) is 9.09. The van der Waals surface area contributed by atoms with Crippen LogP contribution in [0.2, 0.25) is 0 Å². The van der Waals surface area contributed by atoms with E-state index in [1.54, 1.807) is 12.1 Å². The van der Waals surface area contributed by atoms with Crippen molar-refractivity contribution in [3.63, 3.8) is 0 Å². The van der Waals surface area contributed by atoms with Gasteiger partial charge in [0.1, 0.15) is 5.75 Å². The maximum Gasteiger partial charge on any atom is 0.270 e. The number of nitro groups is 1. The zero-order chi connectivity index (χ0) is 20.4. The van der Waals surface area contributed by atoms with Crippen LogP contribution < -0.4 is 15.4 Å². The number of nitro benzene ring substituents is 1. The second-order valence-electron chi connectivity index (χ2n) is 6.15. The average molecular weight is 401 g/mol. The first kappa shape index (κ1) is 21.3. The van der Waals surface area contributed by atoms with Gasteiger partial charge in [0.05, 0.1) is 11.5 Å². The normalized spacial score (nSPS) is 10.2. The lowest BCUT2D eigenvalue weighted by molar-refractivity contribution is -0.384. The van der Waals surface area contributed by atoms with Crippen molar-refractivity contribution in [2.24, 2.45) is 0 Å². The molecule has 0 saturated carbocycles. The number of non-ortho nitro benzene ring substituents is 1. The predicted octanol–water partition coefficient (Wildman–Crippen LogP) is 4.68. The van der Waals surface area contributed by atoms with Crippen molar-refractivity contribution in [2.45, 2.75) is 32.6 Å². The van der Waals surface area contributed by atoms with Crippen molar-refractivity contribution in [3.8, 4) is 5.75 Å². The highest BCUT2D eigenvalue weighted by Crippen LogP contribution is 2.17. The van der Waals surface area contributed by atoms with Gasteiger partial charge in [0.2, 0.25) is 0 Å². The van der Waals surface area contributed by atoms with E-state index in [4.69, 9.17) is 17.0 Å². The molecule has 0 aromatic heterocycles. The molecule has 0 atom stereocenters. The van der Waals surface area contributed by atoms with Gasteiger partial charge in [-0.1, -0.05) is 32.3 Å². The second kappa shape index (κ2) is 11.0. The van der Waals surface area contributed by atoms with Gasteiger partial charge < -0.3 is 10.1 Å². The molecule has 2 N–H and O–H groups in total. The lowest BCUT2D eigenvalue weighted by atomic mass is 10.2. The van der Waals surface area contributed by atoms with Crippen LogP contribution in [0.4, 0.5) is 11.4 Å². The molecule has 28 heavy (non-hydrogen) atoms. The molecular formula is C20H23N3O4S. The molecular weight excluding hydrogens is 378 g/mol. The molecule has 0 aliphatic carbocycles. The van der Waals surface area contributed by atoms with Gasteiger partial charge >= 0.3 is 0 Å². The summed E-state index contributed by atoms with van der Waals surface area (Å²) in [6, 6.07) is 12.7. The number of carbonyl (C=O) groups excluding carboxylic acids is 1. The van der Waals surface area contributed by atoms with Crippen LogP contribution in [0.1, 0.15) is 43.0 Å². The van der Waals surface area contributed by atoms with Crippen molar-refractivity contribution < 1.29 is 14.5 Å². The van der Waals surface area contributed by atoms with Crippen molar-refractivity contribution in [1.29, 1.82) is 0 Å². The molecule has 0 fully saturated rings. The number of nitrogens with one attached hydrogen (secondary N) is 2. The van der Waals surface area contributed by atoms with E-state index in [0.29, 0.717) is 12.3 Å². The van der Waals surface area contributed by atoms with Crippen LogP contribution in [0.3, 0.4) is 0 Å². The third-order valence-electron chi connectivity index (χ3n) is 3.93. The minimum Gasteiger partial charge on any atom is -0.494 e. The molecule has 1 amide bonds. The monoisotopic (exact) mass is 401 g/mol. The number of carbonyl (C=O) groups is 1. The van der Waals surface area contributed by atoms with E-state index >= 15 is 0 Å². The predicted molar refractivity (Wildman–Crippen MR) is 113 cm³/mol. The Hall–Kier alpha value is -3.00. The highest BCUT2D eigenvalue weighted by molar-refractivity contribution is 7.80. The van der Waals surface area contributed by atoms with Crippen LogP contribution in [-0.4, -0.2) is 22.5 Å². The van der Waals surface area contributed by atoms with Gasteiger partial charge in [0.25, 0.3) is 11.6 Å². The number of hydrogen-bond donors (Lipinski definition) is 2. The number of unbranched alkanes of at least 4 members (excludes halogenated alkanes) is 3. The minimum absolute atomic E-state index is 0.102. The Bertz CT molecular complexity index is 824. The van der Waals surface area contributed by atoms with Crippen molar-refractivity contribution in [3.05, 3.63) is 64.2 Å². The number of benzene rings is 2. The summed E-state index contributed by atoms with van der Waals surface area (Å²) in [6.45, 7) is 2.85. The smallest absolute Gasteiger partial charge is 0.270 e. The van der Waals surface area contributed by atoms with Gasteiger partial charge in [-0.3, -0.25) is 20.2 Å². The van der Waals surface area contributed by atoms with Crippen LogP contribution in [0.5, 0.6) is 5.75 Å². The van der Waals surface area contributed by atoms with Crippen LogP contribution in [0.25, 0.3) is 0 Å². The minimum atomic E-state index is -0.555. The first-order chi connectivity index (χ1) is 13.5. The Balaban J connectivity index is 1.83. The summed E-state index contributed by atoms with van der Waals surface area (Å²) < 4.78 is 5.68. The van der Waals surface area contributed by atoms with E-state index in [-0.39, 0.29) is 16.4 Å². The highest BCUT2D eigenvalue weighted by atomic mass is 32.1. The standard InChI is InChI=1S/C20H23N3O4S/c1-2-3-4-5-13-27-18-11-9-16(10-12-18)21-20(28)22-19(24)15-7-6-8-17(14-15)23(25)26/h6-12,14H,2-5,13H2,1H3,(H2,21,22,24,28). The summed E-state index contributed by atoms with van der Waals surface area (Å²) in [4.78, 5) is 22.4. The van der Waals surface area contributed by atoms with E-state index in [1.165, 1.54) is 37.1 Å². The summed E-state index contributed by atoms with van der Waals surface area (Å²) >= 11 is 5.13. The molecule has 0 aliphatic rings. The summed E-state index contributed by atoms with van der Waals surface area (Å²) in [5, 5.41) is 16.3. The average Bonchev–Trinajstić information content (AvgIpc) is 2.69. The lowest BCUT2D eigenvalue weighted by Crippen LogP contribution is -2.34. The number of nitrogens with zero attached hydrogens (tertiary/aromatic N) is 1. The molecule has 8 heteroatoms. The van der Waals surface area contributed by atoms with Gasteiger partial charge in [-0.05, 0) is 49.0 Å². The van der Waals surface area contributed by atoms with Crippen molar-refractivity contribution >= 4 is 34.6 Å². The third kappa shape index (κ3) is 6.96. The summed E-state index contributed by atoms with van der Waals surface area (Å²) in [5.74, 6) is 0.252. The maximum atomic E-state index is 12.2. The number of ether oxygens (including phenoxy) is 1. The van der Waals surface area contributed by atoms with E-state index in [0.717, 1.165) is 18.6 Å². The van der Waals surface area contributed by atoms with Crippen LogP contribution in [-0.2, 0) is 0 Å². The molecule has 7 nitrogen and oxygen atoms in total. The second-order valence-corrected chi connectivity index (χ2v) is 6.56. The number of anilines is 1. The SMILES string of the molecule is CCCCCCOc1ccc(NC(=S)NC(=O)c2cccc([N+](=O)[O-])c2)cc1. The van der Waals surface area contributed by atoms with Crippen molar-refractivity contribution in [1.82, 2.24) is 5.32 Å². The van der Waals surface area contributed by atoms with Gasteiger partial charge in [-0.15, -0.1) is 0 Å². The number of amides is 1. The number of rotatable bonds is 9. The molecule has 2 aromatic rings. The molecule has 0 radical (unpaired) electrons. The van der Waals surface area contributed by atoms with Gasteiger partial charge in [0, 0.05) is 23.4 Å². The summed E-state index contributed by atoms with van der Waals surface area (Å²) in [6.07, 6.45) is 4.60. The molecule has 148 valence electrons. The molecule has 0 aliphatic heterocycles. The Kier molecular flexibility index (Phi) is 8.36. The first-order valence-corrected chi connectivity index (χ1v) is 9.50. The largest absolute Gasteiger partial charge is 0.494 e. The Labute approximate surface area is 169 Å². The van der Waals surface area contributed by atoms with Gasteiger partial charge in [0.15, 0.2) is 5.11 Å². The molecule has 0 spiro atoms. The molecule has 0 bridgehead atoms. The number of hydrogen-bond acceptors (Lipinski definition) is 5. The van der Waals surface area contributed by atoms with Crippen LogP contribution >= 0.6 is 12.2 Å². The Morgan fingerprint density at radius 1 is 1.14 bits per heavy atom. The topological polar surface area (TPSA) is 93.5 Å². The molecule has 0 saturated heterocycles. The van der Waals surface area contributed by atoms with E-state index in [2.05, 4.69) is 17.6 Å². The summed E-state index contributed by atoms with van der Waals surface area (Å²) in [7, 11) is 0. The maximum absolute atomic E-state index is 12.2. The molecule has 0 heterocycles. The van der Waals surface area contributed by atoms with E-state index in [9.17, 15) is 14.9 Å². The fourth-order valence-corrected chi connectivity index (χ4v) is 2.66. The Morgan fingerprint density at radius 2 is 1.89 bits per heavy atom. The zero-order valence-electron chi connectivity index (χ0n) is 15.6. The lowest BCUT2D eigenvalue weighted by Gasteiger charge is -2.11. The number of thiocarbonyl (C=S) groups is 1. The quantitative estimate of drug-likeness (QED) is 0.274. The fourth-order valence-electron chi connectivity index (χ4n) is 2.45. The van der Waals surface area contributed by atoms with E-state index < -0.39 is 10.8 Å².